The van der Waals surface area contributed by atoms with E-state index in [4.69, 9.17) is 22.5 Å². The fourth-order valence-corrected chi connectivity index (χ4v) is 1.96. The number of halogens is 1. The van der Waals surface area contributed by atoms with Gasteiger partial charge in [-0.05, 0) is 38.5 Å². The van der Waals surface area contributed by atoms with Crippen LogP contribution in [0.3, 0.4) is 0 Å². The molecule has 5 nitrogen and oxygen atoms in total. The molecular formula is C13H18ClN3O2. The quantitative estimate of drug-likeness (QED) is 0.385. The topological polar surface area (TPSA) is 78.9 Å². The van der Waals surface area contributed by atoms with E-state index in [0.29, 0.717) is 10.6 Å². The van der Waals surface area contributed by atoms with Gasteiger partial charge in [-0.3, -0.25) is 4.79 Å². The number of amides is 1. The largest absolute Gasteiger partial charge is 0.409 e. The molecule has 0 spiro atoms. The van der Waals surface area contributed by atoms with Crippen LogP contribution < -0.4 is 5.73 Å². The lowest BCUT2D eigenvalue weighted by Gasteiger charge is -2.26. The van der Waals surface area contributed by atoms with Crippen molar-refractivity contribution < 1.29 is 10.0 Å². The van der Waals surface area contributed by atoms with Crippen molar-refractivity contribution in [3.8, 4) is 0 Å². The van der Waals surface area contributed by atoms with Crippen molar-refractivity contribution in [1.82, 2.24) is 4.90 Å². The van der Waals surface area contributed by atoms with Crippen LogP contribution in [-0.4, -0.2) is 34.4 Å². The van der Waals surface area contributed by atoms with E-state index in [1.807, 2.05) is 26.8 Å². The lowest BCUT2D eigenvalue weighted by Crippen LogP contribution is -2.43. The van der Waals surface area contributed by atoms with Gasteiger partial charge in [-0.15, -0.1) is 0 Å². The number of nitrogens with two attached hydrogens (primary N) is 1. The number of carbonyl (C=O) groups excluding carboxylic acids is 1. The third-order valence-electron chi connectivity index (χ3n) is 2.70. The summed E-state index contributed by atoms with van der Waals surface area (Å²) < 4.78 is 0. The Bertz CT molecular complexity index is 501. The van der Waals surface area contributed by atoms with E-state index in [2.05, 4.69) is 5.16 Å². The minimum absolute atomic E-state index is 0.0229. The molecule has 0 radical (unpaired) electrons. The molecule has 0 aliphatic heterocycles. The van der Waals surface area contributed by atoms with Crippen molar-refractivity contribution in [2.45, 2.75) is 26.8 Å². The van der Waals surface area contributed by atoms with Crippen molar-refractivity contribution in [3.63, 3.8) is 0 Å². The van der Waals surface area contributed by atoms with Crippen LogP contribution in [0.1, 0.15) is 29.8 Å². The number of hydrogen-bond acceptors (Lipinski definition) is 3. The summed E-state index contributed by atoms with van der Waals surface area (Å²) in [6, 6.07) is 5.14. The van der Waals surface area contributed by atoms with Gasteiger partial charge in [-0.1, -0.05) is 22.8 Å². The molecule has 0 saturated heterocycles. The molecule has 6 heteroatoms. The first-order chi connectivity index (χ1) is 8.86. The molecule has 0 aliphatic carbocycles. The lowest BCUT2D eigenvalue weighted by molar-refractivity contribution is 0.0734. The zero-order chi connectivity index (χ0) is 14.6. The molecule has 0 fully saturated rings. The number of nitrogens with zero attached hydrogens (tertiary/aromatic N) is 2. The molecule has 19 heavy (non-hydrogen) atoms. The second-order valence-corrected chi connectivity index (χ2v) is 5.01. The third kappa shape index (κ3) is 3.86. The molecule has 0 saturated carbocycles. The molecule has 0 bridgehead atoms. The average molecular weight is 284 g/mol. The summed E-state index contributed by atoms with van der Waals surface area (Å²) in [5.41, 5.74) is 6.85. The number of amidine groups is 1. The maximum Gasteiger partial charge on any atom is 0.256 e. The molecule has 0 aliphatic rings. The number of hydrogen-bond donors (Lipinski definition) is 2. The molecule has 104 valence electrons. The smallest absolute Gasteiger partial charge is 0.256 e. The van der Waals surface area contributed by atoms with Gasteiger partial charge < -0.3 is 15.8 Å². The number of rotatable bonds is 4. The Morgan fingerprint density at radius 3 is 2.63 bits per heavy atom. The molecule has 1 aromatic carbocycles. The highest BCUT2D eigenvalue weighted by atomic mass is 35.5. The van der Waals surface area contributed by atoms with Crippen molar-refractivity contribution in [2.75, 3.05) is 6.54 Å². The molecule has 1 amide bonds. The van der Waals surface area contributed by atoms with Crippen LogP contribution in [0.2, 0.25) is 5.02 Å². The minimum atomic E-state index is -0.244. The molecule has 0 unspecified atom stereocenters. The number of aryl methyl sites for hydroxylation is 1. The SMILES string of the molecule is Cc1ccc(C(=O)N(C/C(N)=N/O)C(C)C)c(Cl)c1. The van der Waals surface area contributed by atoms with E-state index < -0.39 is 0 Å². The molecule has 0 atom stereocenters. The zero-order valence-corrected chi connectivity index (χ0v) is 12.0. The third-order valence-corrected chi connectivity index (χ3v) is 3.01. The van der Waals surface area contributed by atoms with Crippen LogP contribution in [-0.2, 0) is 0 Å². The maximum absolute atomic E-state index is 12.4. The molecular weight excluding hydrogens is 266 g/mol. The Hall–Kier alpha value is -1.75. The van der Waals surface area contributed by atoms with Gasteiger partial charge in [0, 0.05) is 6.04 Å². The minimum Gasteiger partial charge on any atom is -0.409 e. The first-order valence-corrected chi connectivity index (χ1v) is 6.28. The normalized spacial score (nSPS) is 11.7. The van der Waals surface area contributed by atoms with Crippen molar-refractivity contribution >= 4 is 23.3 Å². The monoisotopic (exact) mass is 283 g/mol. The molecule has 0 heterocycles. The molecule has 0 aromatic heterocycles. The van der Waals surface area contributed by atoms with Crippen LogP contribution in [0.25, 0.3) is 0 Å². The van der Waals surface area contributed by atoms with Crippen molar-refractivity contribution in [1.29, 1.82) is 0 Å². The summed E-state index contributed by atoms with van der Waals surface area (Å²) in [6.07, 6.45) is 0. The van der Waals surface area contributed by atoms with Gasteiger partial charge in [0.25, 0.3) is 5.91 Å². The van der Waals surface area contributed by atoms with Gasteiger partial charge in [0.15, 0.2) is 5.84 Å². The summed E-state index contributed by atoms with van der Waals surface area (Å²) in [6.45, 7) is 5.66. The fourth-order valence-electron chi connectivity index (χ4n) is 1.64. The lowest BCUT2D eigenvalue weighted by atomic mass is 10.1. The van der Waals surface area contributed by atoms with E-state index in [1.165, 1.54) is 4.90 Å². The van der Waals surface area contributed by atoms with E-state index >= 15 is 0 Å². The Balaban J connectivity index is 3.06. The maximum atomic E-state index is 12.4. The summed E-state index contributed by atoms with van der Waals surface area (Å²) in [5.74, 6) is -0.267. The van der Waals surface area contributed by atoms with Crippen LogP contribution in [0.5, 0.6) is 0 Å². The van der Waals surface area contributed by atoms with Crippen molar-refractivity contribution in [3.05, 3.63) is 34.3 Å². The summed E-state index contributed by atoms with van der Waals surface area (Å²) in [5, 5.41) is 11.9. The van der Waals surface area contributed by atoms with Gasteiger partial charge in [0.1, 0.15) is 0 Å². The van der Waals surface area contributed by atoms with Crippen LogP contribution in [0, 0.1) is 6.92 Å². The van der Waals surface area contributed by atoms with E-state index in [1.54, 1.807) is 12.1 Å². The van der Waals surface area contributed by atoms with Crippen LogP contribution >= 0.6 is 11.6 Å². The second kappa shape index (κ2) is 6.43. The molecule has 3 N–H and O–H groups in total. The Morgan fingerprint density at radius 2 is 2.16 bits per heavy atom. The Morgan fingerprint density at radius 1 is 1.53 bits per heavy atom. The standard InChI is InChI=1S/C13H18ClN3O2/c1-8(2)17(7-12(15)16-19)13(18)10-5-4-9(3)6-11(10)14/h4-6,8,19H,7H2,1-3H3,(H2,15,16). The van der Waals surface area contributed by atoms with Crippen molar-refractivity contribution in [2.24, 2.45) is 10.9 Å². The van der Waals surface area contributed by atoms with Gasteiger partial charge >= 0.3 is 0 Å². The number of carbonyl (C=O) groups is 1. The molecule has 1 aromatic rings. The Labute approximate surface area is 117 Å². The van der Waals surface area contributed by atoms with Crippen LogP contribution in [0.15, 0.2) is 23.4 Å². The average Bonchev–Trinajstić information content (AvgIpc) is 2.34. The predicted octanol–water partition coefficient (Wildman–Crippen LogP) is 2.25. The van der Waals surface area contributed by atoms with E-state index in [0.717, 1.165) is 5.56 Å². The predicted molar refractivity (Wildman–Crippen MR) is 75.8 cm³/mol. The highest BCUT2D eigenvalue weighted by Crippen LogP contribution is 2.20. The van der Waals surface area contributed by atoms with Crippen LogP contribution in [0.4, 0.5) is 0 Å². The van der Waals surface area contributed by atoms with Gasteiger partial charge in [-0.2, -0.15) is 0 Å². The summed E-state index contributed by atoms with van der Waals surface area (Å²) in [4.78, 5) is 13.9. The van der Waals surface area contributed by atoms with Gasteiger partial charge in [0.2, 0.25) is 0 Å². The fraction of sp³-hybridized carbons (Fsp3) is 0.385. The van der Waals surface area contributed by atoms with E-state index in [9.17, 15) is 4.79 Å². The van der Waals surface area contributed by atoms with E-state index in [-0.39, 0.29) is 24.3 Å². The molecule has 1 rings (SSSR count). The second-order valence-electron chi connectivity index (χ2n) is 4.60. The highest BCUT2D eigenvalue weighted by molar-refractivity contribution is 6.33. The highest BCUT2D eigenvalue weighted by Gasteiger charge is 2.22. The Kier molecular flexibility index (Phi) is 5.18. The van der Waals surface area contributed by atoms with Gasteiger partial charge in [0.05, 0.1) is 17.1 Å². The summed E-state index contributed by atoms with van der Waals surface area (Å²) >= 11 is 6.09. The van der Waals surface area contributed by atoms with Gasteiger partial charge in [-0.25, -0.2) is 0 Å². The zero-order valence-electron chi connectivity index (χ0n) is 11.2. The first-order valence-electron chi connectivity index (χ1n) is 5.90. The summed E-state index contributed by atoms with van der Waals surface area (Å²) in [7, 11) is 0. The first kappa shape index (κ1) is 15.3. The number of benzene rings is 1. The number of oxime groups is 1.